The lowest BCUT2D eigenvalue weighted by atomic mass is 10.0. The first-order chi connectivity index (χ1) is 56.6. The molecule has 2 aliphatic rings. The molecular formula is C77H106FN15O25. The van der Waals surface area contributed by atoms with Gasteiger partial charge in [-0.1, -0.05) is 64.8 Å². The van der Waals surface area contributed by atoms with Gasteiger partial charge in [0, 0.05) is 120 Å². The van der Waals surface area contributed by atoms with Gasteiger partial charge in [0.2, 0.25) is 35.4 Å². The first kappa shape index (κ1) is 94.4. The zero-order valence-corrected chi connectivity index (χ0v) is 64.8. The van der Waals surface area contributed by atoms with Crippen molar-refractivity contribution in [2.45, 2.75) is 142 Å². The van der Waals surface area contributed by atoms with E-state index in [9.17, 15) is 107 Å². The number of amides is 14. The van der Waals surface area contributed by atoms with Crippen LogP contribution in [0.15, 0.2) is 146 Å². The van der Waals surface area contributed by atoms with Crippen molar-refractivity contribution in [3.63, 3.8) is 0 Å². The Morgan fingerprint density at radius 1 is 0.466 bits per heavy atom. The van der Waals surface area contributed by atoms with Crippen molar-refractivity contribution in [3.05, 3.63) is 187 Å². The van der Waals surface area contributed by atoms with Crippen molar-refractivity contribution in [1.29, 1.82) is 0 Å². The summed E-state index contributed by atoms with van der Waals surface area (Å²) in [5.41, 5.74) is 11.9. The predicted octanol–water partition coefficient (Wildman–Crippen LogP) is 8.63. The summed E-state index contributed by atoms with van der Waals surface area (Å²) in [4.78, 5) is 203. The highest BCUT2D eigenvalue weighted by Crippen LogP contribution is 2.23. The summed E-state index contributed by atoms with van der Waals surface area (Å²) in [5.74, 6) is -4.66. The molecule has 0 unspecified atom stereocenters. The Morgan fingerprint density at radius 3 is 1.09 bits per heavy atom. The van der Waals surface area contributed by atoms with Crippen LogP contribution in [0.25, 0.3) is 0 Å². The number of benzene rings is 5. The fourth-order valence-corrected chi connectivity index (χ4v) is 10.7. The van der Waals surface area contributed by atoms with Gasteiger partial charge in [-0.15, -0.1) is 0 Å². The first-order valence-corrected chi connectivity index (χ1v) is 36.7. The minimum absolute atomic E-state index is 0. The lowest BCUT2D eigenvalue weighted by molar-refractivity contribution is -0.385. The monoisotopic (exact) mass is 1660 g/mol. The topological polar surface area (TPSA) is 580 Å². The number of imide groups is 2. The number of aliphatic hydroxyl groups excluding tert-OH is 1. The van der Waals surface area contributed by atoms with Gasteiger partial charge in [-0.05, 0) is 135 Å². The summed E-state index contributed by atoms with van der Waals surface area (Å²) in [6, 6.07) is 22.1. The highest BCUT2D eigenvalue weighted by atomic mass is 19.1. The van der Waals surface area contributed by atoms with Gasteiger partial charge in [0.15, 0.2) is 0 Å². The van der Waals surface area contributed by atoms with Crippen LogP contribution in [0.5, 0.6) is 17.2 Å². The third-order valence-corrected chi connectivity index (χ3v) is 16.8. The summed E-state index contributed by atoms with van der Waals surface area (Å²) in [5, 5.41) is 62.2. The molecule has 0 spiro atoms. The Labute approximate surface area is 685 Å². The molecule has 0 aliphatic carbocycles. The number of primary amides is 2. The molecule has 4 atom stereocenters. The average molecular weight is 1660 g/mol. The van der Waals surface area contributed by atoms with Gasteiger partial charge in [0.1, 0.15) is 48.0 Å². The van der Waals surface area contributed by atoms with Gasteiger partial charge in [-0.2, -0.15) is 0 Å². The molecule has 0 aromatic heterocycles. The van der Waals surface area contributed by atoms with Gasteiger partial charge in [0.25, 0.3) is 40.7 Å². The highest BCUT2D eigenvalue weighted by molar-refractivity contribution is 6.13. The number of rotatable bonds is 41. The molecule has 118 heavy (non-hydrogen) atoms. The smallest absolute Gasteiger partial charge is 0.429 e. The summed E-state index contributed by atoms with van der Waals surface area (Å²) >= 11 is 0. The number of nitro groups is 3. The fourth-order valence-electron chi connectivity index (χ4n) is 10.7. The van der Waals surface area contributed by atoms with E-state index in [-0.39, 0.29) is 162 Å². The number of nitrogens with one attached hydrogen (secondary N) is 8. The quantitative estimate of drug-likeness (QED) is 0.00435. The van der Waals surface area contributed by atoms with E-state index in [2.05, 4.69) is 42.5 Å². The molecule has 0 saturated carbocycles. The number of nitrogens with two attached hydrogens (primary N) is 2. The number of hydrogen-bond acceptors (Lipinski definition) is 25. The van der Waals surface area contributed by atoms with Crippen LogP contribution in [0, 0.1) is 42.2 Å². The van der Waals surface area contributed by atoms with E-state index in [1.165, 1.54) is 97.1 Å². The maximum atomic E-state index is 13.4. The second kappa shape index (κ2) is 50.8. The summed E-state index contributed by atoms with van der Waals surface area (Å²) in [6.07, 6.45) is 7.29. The largest absolute Gasteiger partial charge is 0.519 e. The number of carbonyl (C=O) groups excluding carboxylic acids is 14. The molecule has 0 bridgehead atoms. The fraction of sp³-hybridized carbons (Fsp3) is 0.377. The van der Waals surface area contributed by atoms with Crippen LogP contribution < -0.4 is 68.2 Å². The van der Waals surface area contributed by atoms with Crippen molar-refractivity contribution < 1.29 is 120 Å². The molecule has 40 nitrogen and oxygen atoms in total. The molecule has 2 aliphatic heterocycles. The van der Waals surface area contributed by atoms with Crippen molar-refractivity contribution in [3.8, 4) is 17.2 Å². The first-order valence-electron chi connectivity index (χ1n) is 37.4. The van der Waals surface area contributed by atoms with Crippen LogP contribution >= 0.6 is 0 Å². The van der Waals surface area contributed by atoms with Crippen LogP contribution in [-0.4, -0.2) is 171 Å². The van der Waals surface area contributed by atoms with Crippen LogP contribution in [-0.2, 0) is 65.9 Å². The number of ether oxygens (including phenoxy) is 4. The van der Waals surface area contributed by atoms with E-state index >= 15 is 0 Å². The van der Waals surface area contributed by atoms with Gasteiger partial charge in [-0.3, -0.25) is 92.5 Å². The molecule has 0 saturated heterocycles. The number of halogens is 1. The second-order valence-corrected chi connectivity index (χ2v) is 26.4. The Kier molecular flexibility index (Phi) is 40.7. The van der Waals surface area contributed by atoms with Gasteiger partial charge in [0.05, 0.1) is 29.9 Å². The van der Waals surface area contributed by atoms with Crippen molar-refractivity contribution in [1.82, 2.24) is 41.7 Å². The molecule has 0 fully saturated rings. The number of hydrogen-bond donors (Lipinski definition) is 11. The molecule has 41 heteroatoms. The standard InChI is InChI=1S/C35H43N7O11.C28H40N6O7.C13H8N2O7.CH3F.6H2/c1-22(2)31(40-28(43)8-4-3-5-20-41-29(44)17-18-30(41)45)33(47)39-27(7-6-19-37-34(36)48)32(46)38-24-11-9-23(10-12-24)21-52-35(49)53-26-15-13-25(14-16-26)42(50)51;1-18(2)25(33-22(36)8-4-3-5-16-34-23(37)13-14-24(34)38)27(40)32-21(7-6-15-30-28(29)41)26(39)31-20-11-9-19(17-35)10-12-20;16-13(21-11-5-1-9(2-6-11)14(17)18)22-12-7-3-10(4-8-12)15(19)20;1-2;;;;;;/h9-18,22,27,31H,3-8,19-21H2,1-2H3,(H,38,46)(H,39,47)(H,40,43)(H3,36,37,48);9-14,18,21,25,35H,3-8,15-17H2,1-2H3,(H,31,39)(H,32,40)(H,33,36)(H3,29,30,41);1-8H;1H3;6*1H/t27-,31-;21-,25-;;;;;;;;/m00......../s1/i;;;1D;;;;;;. The number of aliphatic hydroxyl groups is 1. The Balaban J connectivity index is -0.00000183. The third-order valence-electron chi connectivity index (χ3n) is 16.8. The Hall–Kier alpha value is -14.2. The maximum Gasteiger partial charge on any atom is 0.519 e. The normalized spacial score (nSPS) is 12.8. The number of carbonyl (C=O) groups is 14. The number of alkyl halides is 1. The molecule has 13 N–H and O–H groups in total. The van der Waals surface area contributed by atoms with Crippen LogP contribution in [0.4, 0.5) is 52.0 Å². The molecule has 646 valence electrons. The molecule has 0 radical (unpaired) electrons. The number of non-ortho nitro benzene ring substituents is 3. The van der Waals surface area contributed by atoms with Crippen LogP contribution in [0.3, 0.4) is 0 Å². The lowest BCUT2D eigenvalue weighted by Gasteiger charge is -2.25. The zero-order chi connectivity index (χ0) is 88.1. The van der Waals surface area contributed by atoms with Gasteiger partial charge < -0.3 is 78.1 Å². The minimum atomic E-state index is -1.07. The second-order valence-electron chi connectivity index (χ2n) is 26.4. The summed E-state index contributed by atoms with van der Waals surface area (Å²) in [7, 11) is -1.00. The van der Waals surface area contributed by atoms with Gasteiger partial charge >= 0.3 is 24.4 Å². The minimum Gasteiger partial charge on any atom is -0.429 e. The summed E-state index contributed by atoms with van der Waals surface area (Å²) in [6.45, 7) is 7.63. The number of unbranched alkanes of at least 4 members (excludes halogenated alkanes) is 4. The number of anilines is 2. The maximum absolute atomic E-state index is 13.4. The van der Waals surface area contributed by atoms with E-state index < -0.39 is 94.1 Å². The van der Waals surface area contributed by atoms with Crippen molar-refractivity contribution >= 4 is 112 Å². The summed E-state index contributed by atoms with van der Waals surface area (Å²) < 4.78 is 35.2. The van der Waals surface area contributed by atoms with Gasteiger partial charge in [-0.25, -0.2) is 19.2 Å². The molecule has 7 rings (SSSR count). The van der Waals surface area contributed by atoms with Crippen molar-refractivity contribution in [2.75, 3.05) is 44.0 Å². The zero-order valence-electron chi connectivity index (χ0n) is 65.8. The number of urea groups is 2. The predicted molar refractivity (Wildman–Crippen MR) is 432 cm³/mol. The van der Waals surface area contributed by atoms with E-state index in [4.69, 9.17) is 31.8 Å². The lowest BCUT2D eigenvalue weighted by Crippen LogP contribution is -2.54. The van der Waals surface area contributed by atoms with Crippen LogP contribution in [0.2, 0.25) is 0 Å². The van der Waals surface area contributed by atoms with E-state index in [1.54, 1.807) is 76.2 Å². The molecule has 2 heterocycles. The Morgan fingerprint density at radius 2 is 0.788 bits per heavy atom. The van der Waals surface area contributed by atoms with E-state index in [1.807, 2.05) is 0 Å². The van der Waals surface area contributed by atoms with Crippen molar-refractivity contribution in [2.24, 2.45) is 23.3 Å². The molecular weight excluding hydrogens is 1550 g/mol. The van der Waals surface area contributed by atoms with E-state index in [0.29, 0.717) is 67.4 Å². The number of nitro benzene ring substituents is 3. The molecule has 14 amide bonds. The average Bonchev–Trinajstić information content (AvgIpc) is 1.81. The molecule has 5 aromatic carbocycles. The van der Waals surface area contributed by atoms with Crippen LogP contribution in [0.1, 0.15) is 126 Å². The SMILES string of the molecule is CC(C)[C@H](NC(=O)CCCCCN1C(=O)C=CC1=O)C(=O)N[C@@H](CCCNC(N)=O)C(=O)Nc1ccc(CO)cc1.CC(C)[C@H](NC(=O)CCCCCN1C(=O)C=CC1=O)C(=O)N[C@@H](CCCNC(N)=O)C(=O)Nc1ccc(COC(=O)Oc2ccc([N+](=O)[O-])cc2)cc1.O=C(Oc1ccc([N+](=O)[O-])cc1)Oc1ccc([N+](=O)[O-])cc1.[2H]CF.[HH].[HH].[HH].[HH].[HH].[HH]. The molecule has 5 aromatic rings. The number of nitrogens with zero attached hydrogens (tertiary/aromatic N) is 5. The highest BCUT2D eigenvalue weighted by Gasteiger charge is 2.32. The third kappa shape index (κ3) is 35.5. The van der Waals surface area contributed by atoms with E-state index in [0.717, 1.165) is 9.80 Å². The Bertz CT molecular complexity index is 4320.